The molecule has 2 fully saturated rings. The van der Waals surface area contributed by atoms with Gasteiger partial charge in [-0.15, -0.1) is 0 Å². The number of anilines is 1. The molecule has 1 aliphatic carbocycles. The summed E-state index contributed by atoms with van der Waals surface area (Å²) in [4.78, 5) is 26.8. The van der Waals surface area contributed by atoms with E-state index in [2.05, 4.69) is 10.6 Å². The van der Waals surface area contributed by atoms with Crippen molar-refractivity contribution >= 4 is 17.6 Å². The van der Waals surface area contributed by atoms with E-state index in [9.17, 15) is 9.59 Å². The van der Waals surface area contributed by atoms with Crippen molar-refractivity contribution in [1.82, 2.24) is 10.2 Å². The van der Waals surface area contributed by atoms with Crippen LogP contribution in [0.2, 0.25) is 0 Å². The van der Waals surface area contributed by atoms with Crippen LogP contribution >= 0.6 is 0 Å². The van der Waals surface area contributed by atoms with Gasteiger partial charge in [-0.1, -0.05) is 18.9 Å². The van der Waals surface area contributed by atoms with Gasteiger partial charge in [0.05, 0.1) is 6.61 Å². The van der Waals surface area contributed by atoms with E-state index in [0.29, 0.717) is 30.6 Å². The monoisotopic (exact) mass is 389 g/mol. The van der Waals surface area contributed by atoms with Crippen LogP contribution in [0.1, 0.15) is 38.5 Å². The van der Waals surface area contributed by atoms with Gasteiger partial charge in [0.2, 0.25) is 5.91 Å². The van der Waals surface area contributed by atoms with Gasteiger partial charge >= 0.3 is 6.03 Å². The molecule has 1 aromatic rings. The Morgan fingerprint density at radius 3 is 2.57 bits per heavy atom. The Hall–Kier alpha value is -2.28. The number of piperidine rings is 1. The van der Waals surface area contributed by atoms with Gasteiger partial charge in [0.25, 0.3) is 0 Å². The second-order valence-corrected chi connectivity index (χ2v) is 7.55. The number of carbonyl (C=O) groups excluding carboxylic acids is 2. The minimum absolute atomic E-state index is 0.0914. The Morgan fingerprint density at radius 2 is 1.86 bits per heavy atom. The molecule has 1 saturated heterocycles. The van der Waals surface area contributed by atoms with Crippen LogP contribution in [-0.4, -0.2) is 56.3 Å². The topological polar surface area (TPSA) is 79.9 Å². The van der Waals surface area contributed by atoms with Crippen molar-refractivity contribution < 1.29 is 19.1 Å². The average Bonchev–Trinajstić information content (AvgIpc) is 3.23. The van der Waals surface area contributed by atoms with Crippen LogP contribution in [0.15, 0.2) is 24.3 Å². The zero-order chi connectivity index (χ0) is 19.8. The third-order valence-electron chi connectivity index (χ3n) is 5.49. The number of hydrogen-bond donors (Lipinski definition) is 2. The molecule has 28 heavy (non-hydrogen) atoms. The predicted octanol–water partition coefficient (Wildman–Crippen LogP) is 3.01. The minimum atomic E-state index is -0.227. The van der Waals surface area contributed by atoms with E-state index in [1.807, 2.05) is 23.1 Å². The molecule has 7 heteroatoms. The summed E-state index contributed by atoms with van der Waals surface area (Å²) >= 11 is 0. The molecule has 1 aliphatic heterocycles. The fourth-order valence-electron chi connectivity index (χ4n) is 3.93. The number of amides is 3. The quantitative estimate of drug-likeness (QED) is 0.703. The molecule has 1 aromatic carbocycles. The number of hydrogen-bond acceptors (Lipinski definition) is 4. The van der Waals surface area contributed by atoms with Crippen molar-refractivity contribution in [3.8, 4) is 5.75 Å². The maximum Gasteiger partial charge on any atom is 0.319 e. The molecule has 0 unspecified atom stereocenters. The first kappa shape index (κ1) is 20.5. The minimum Gasteiger partial charge on any atom is -0.491 e. The van der Waals surface area contributed by atoms with E-state index in [1.54, 1.807) is 13.2 Å². The van der Waals surface area contributed by atoms with E-state index in [1.165, 1.54) is 12.8 Å². The highest BCUT2D eigenvalue weighted by atomic mass is 16.5. The van der Waals surface area contributed by atoms with Crippen LogP contribution in [0.4, 0.5) is 10.5 Å². The van der Waals surface area contributed by atoms with Crippen LogP contribution < -0.4 is 15.4 Å². The van der Waals surface area contributed by atoms with Crippen LogP contribution in [-0.2, 0) is 9.53 Å². The number of benzene rings is 1. The molecule has 0 atom stereocenters. The second-order valence-electron chi connectivity index (χ2n) is 7.55. The number of rotatable bonds is 7. The normalized spacial score (nSPS) is 18.1. The summed E-state index contributed by atoms with van der Waals surface area (Å²) in [6.07, 6.45) is 6.01. The Morgan fingerprint density at radius 1 is 1.11 bits per heavy atom. The Balaban J connectivity index is 1.41. The maximum absolute atomic E-state index is 12.5. The first-order valence-electron chi connectivity index (χ1n) is 10.2. The van der Waals surface area contributed by atoms with Gasteiger partial charge in [-0.3, -0.25) is 4.79 Å². The number of ether oxygens (including phenoxy) is 2. The number of methoxy groups -OCH3 is 1. The maximum atomic E-state index is 12.5. The molecular weight excluding hydrogens is 358 g/mol. The summed E-state index contributed by atoms with van der Waals surface area (Å²) in [6, 6.07) is 7.16. The van der Waals surface area contributed by atoms with Crippen molar-refractivity contribution in [1.29, 1.82) is 0 Å². The smallest absolute Gasteiger partial charge is 0.319 e. The zero-order valence-corrected chi connectivity index (χ0v) is 16.6. The fourth-order valence-corrected chi connectivity index (χ4v) is 3.93. The highest BCUT2D eigenvalue weighted by Gasteiger charge is 2.30. The van der Waals surface area contributed by atoms with Crippen LogP contribution in [0.25, 0.3) is 0 Å². The third-order valence-corrected chi connectivity index (χ3v) is 5.49. The van der Waals surface area contributed by atoms with Gasteiger partial charge in [-0.2, -0.15) is 0 Å². The number of carbonyl (C=O) groups is 2. The van der Waals surface area contributed by atoms with E-state index < -0.39 is 0 Å². The molecule has 0 aromatic heterocycles. The first-order chi connectivity index (χ1) is 13.7. The predicted molar refractivity (Wildman–Crippen MR) is 108 cm³/mol. The van der Waals surface area contributed by atoms with Crippen molar-refractivity contribution in [3.63, 3.8) is 0 Å². The van der Waals surface area contributed by atoms with E-state index in [0.717, 1.165) is 38.8 Å². The highest BCUT2D eigenvalue weighted by Crippen LogP contribution is 2.27. The van der Waals surface area contributed by atoms with Crippen molar-refractivity contribution in [2.45, 2.75) is 44.6 Å². The summed E-state index contributed by atoms with van der Waals surface area (Å²) in [5.41, 5.74) is 0.682. The van der Waals surface area contributed by atoms with E-state index >= 15 is 0 Å². The number of nitrogens with one attached hydrogen (secondary N) is 2. The Kier molecular flexibility index (Phi) is 7.54. The molecule has 1 heterocycles. The van der Waals surface area contributed by atoms with Gasteiger partial charge in [0, 0.05) is 43.9 Å². The Labute approximate surface area is 166 Å². The van der Waals surface area contributed by atoms with Gasteiger partial charge in [-0.05, 0) is 37.8 Å². The number of likely N-dealkylation sites (tertiary alicyclic amines) is 1. The summed E-state index contributed by atoms with van der Waals surface area (Å²) in [6.45, 7) is 2.43. The van der Waals surface area contributed by atoms with Crippen molar-refractivity contribution in [2.24, 2.45) is 5.92 Å². The summed E-state index contributed by atoms with van der Waals surface area (Å²) in [5.74, 6) is 1.23. The lowest BCUT2D eigenvalue weighted by molar-refractivity contribution is -0.136. The molecule has 7 nitrogen and oxygen atoms in total. The van der Waals surface area contributed by atoms with Gasteiger partial charge in [-0.25, -0.2) is 4.79 Å². The molecule has 154 valence electrons. The van der Waals surface area contributed by atoms with Crippen LogP contribution in [0, 0.1) is 5.92 Å². The Bertz CT molecular complexity index is 653. The summed E-state index contributed by atoms with van der Waals surface area (Å²) in [5, 5.41) is 5.88. The molecule has 0 spiro atoms. The van der Waals surface area contributed by atoms with Crippen molar-refractivity contribution in [3.05, 3.63) is 24.3 Å². The molecule has 3 amide bonds. The van der Waals surface area contributed by atoms with Gasteiger partial charge < -0.3 is 25.0 Å². The molecule has 2 N–H and O–H groups in total. The van der Waals surface area contributed by atoms with Crippen LogP contribution in [0.5, 0.6) is 5.75 Å². The SMILES string of the molecule is COCCOc1cccc(NC(=O)NC2CCN(C(=O)C3CCCC3)CC2)c1. The zero-order valence-electron chi connectivity index (χ0n) is 16.6. The fraction of sp³-hybridized carbons (Fsp3) is 0.619. The van der Waals surface area contributed by atoms with E-state index in [-0.39, 0.29) is 18.0 Å². The summed E-state index contributed by atoms with van der Waals surface area (Å²) < 4.78 is 10.5. The molecule has 3 rings (SSSR count). The largest absolute Gasteiger partial charge is 0.491 e. The lowest BCUT2D eigenvalue weighted by Crippen LogP contribution is -2.48. The number of urea groups is 1. The third kappa shape index (κ3) is 5.86. The molecule has 0 bridgehead atoms. The molecular formula is C21H31N3O4. The first-order valence-corrected chi connectivity index (χ1v) is 10.2. The number of nitrogens with zero attached hydrogens (tertiary/aromatic N) is 1. The molecule has 1 saturated carbocycles. The molecule has 2 aliphatic rings. The lowest BCUT2D eigenvalue weighted by atomic mass is 10.0. The van der Waals surface area contributed by atoms with Crippen molar-refractivity contribution in [2.75, 3.05) is 38.7 Å². The lowest BCUT2D eigenvalue weighted by Gasteiger charge is -2.33. The molecule has 0 radical (unpaired) electrons. The highest BCUT2D eigenvalue weighted by molar-refractivity contribution is 5.89. The van der Waals surface area contributed by atoms with Gasteiger partial charge in [0.1, 0.15) is 12.4 Å². The standard InChI is InChI=1S/C21H31N3O4/c1-27-13-14-28-19-8-4-7-18(15-19)23-21(26)22-17-9-11-24(12-10-17)20(25)16-5-2-3-6-16/h4,7-8,15-17H,2-3,5-6,9-14H2,1H3,(H2,22,23,26). The summed E-state index contributed by atoms with van der Waals surface area (Å²) in [7, 11) is 1.63. The second kappa shape index (κ2) is 10.3. The van der Waals surface area contributed by atoms with Gasteiger partial charge in [0.15, 0.2) is 0 Å². The van der Waals surface area contributed by atoms with Crippen LogP contribution in [0.3, 0.4) is 0 Å². The van der Waals surface area contributed by atoms with E-state index in [4.69, 9.17) is 9.47 Å². The average molecular weight is 389 g/mol.